The van der Waals surface area contributed by atoms with E-state index in [-0.39, 0.29) is 23.7 Å². The number of anilines is 1. The van der Waals surface area contributed by atoms with E-state index >= 15 is 0 Å². The lowest BCUT2D eigenvalue weighted by Gasteiger charge is -2.26. The number of ether oxygens (including phenoxy) is 1. The van der Waals surface area contributed by atoms with Gasteiger partial charge in [-0.25, -0.2) is 18.2 Å². The molecule has 0 saturated heterocycles. The molecular formula is C20H18N4O5S2. The second kappa shape index (κ2) is 8.44. The van der Waals surface area contributed by atoms with Crippen LogP contribution in [0.1, 0.15) is 5.01 Å². The number of hydrogen-bond acceptors (Lipinski definition) is 8. The Morgan fingerprint density at radius 1 is 1.29 bits per heavy atom. The van der Waals surface area contributed by atoms with Gasteiger partial charge in [-0.1, -0.05) is 12.1 Å². The van der Waals surface area contributed by atoms with Crippen LogP contribution < -0.4 is 5.32 Å². The van der Waals surface area contributed by atoms with Gasteiger partial charge in [0.15, 0.2) is 6.61 Å². The summed E-state index contributed by atoms with van der Waals surface area (Å²) < 4.78 is 31.8. The molecular weight excluding hydrogens is 440 g/mol. The number of rotatable bonds is 5. The van der Waals surface area contributed by atoms with E-state index in [4.69, 9.17) is 4.74 Å². The van der Waals surface area contributed by atoms with Gasteiger partial charge in [-0.3, -0.25) is 4.79 Å². The molecule has 9 nitrogen and oxygen atoms in total. The minimum atomic E-state index is -3.47. The molecule has 3 heterocycles. The molecule has 4 rings (SSSR count). The molecule has 1 amide bonds. The lowest BCUT2D eigenvalue weighted by atomic mass is 10.1. The molecule has 0 saturated carbocycles. The van der Waals surface area contributed by atoms with E-state index in [1.54, 1.807) is 34.4 Å². The van der Waals surface area contributed by atoms with Gasteiger partial charge >= 0.3 is 5.97 Å². The molecule has 0 spiro atoms. The first-order chi connectivity index (χ1) is 14.8. The second-order valence-electron chi connectivity index (χ2n) is 6.80. The van der Waals surface area contributed by atoms with Crippen LogP contribution in [0.5, 0.6) is 0 Å². The van der Waals surface area contributed by atoms with Crippen LogP contribution in [-0.2, 0) is 24.3 Å². The van der Waals surface area contributed by atoms with Crippen LogP contribution in [0.3, 0.4) is 0 Å². The molecule has 0 radical (unpaired) electrons. The summed E-state index contributed by atoms with van der Waals surface area (Å²) in [4.78, 5) is 30.5. The molecule has 2 aliphatic rings. The van der Waals surface area contributed by atoms with Gasteiger partial charge in [-0.2, -0.15) is 0 Å². The van der Waals surface area contributed by atoms with Crippen LogP contribution in [0.15, 0.2) is 58.0 Å². The number of amides is 1. The van der Waals surface area contributed by atoms with Crippen molar-refractivity contribution < 1.29 is 22.7 Å². The van der Waals surface area contributed by atoms with E-state index in [9.17, 15) is 18.0 Å². The van der Waals surface area contributed by atoms with Crippen LogP contribution in [-0.4, -0.2) is 54.9 Å². The molecule has 1 N–H and O–H groups in total. The van der Waals surface area contributed by atoms with E-state index in [2.05, 4.69) is 14.7 Å². The van der Waals surface area contributed by atoms with Gasteiger partial charge in [0.05, 0.1) is 22.0 Å². The van der Waals surface area contributed by atoms with Crippen LogP contribution >= 0.6 is 11.3 Å². The zero-order chi connectivity index (χ0) is 22.0. The number of carbonyl (C=O) groups excluding carboxylic acids is 2. The Morgan fingerprint density at radius 2 is 2.13 bits per heavy atom. The summed E-state index contributed by atoms with van der Waals surface area (Å²) in [5.41, 5.74) is 2.47. The smallest absolute Gasteiger partial charge is 0.340 e. The maximum absolute atomic E-state index is 12.3. The highest BCUT2D eigenvalue weighted by Crippen LogP contribution is 2.24. The highest BCUT2D eigenvalue weighted by Gasteiger charge is 2.25. The lowest BCUT2D eigenvalue weighted by molar-refractivity contribution is -0.143. The summed E-state index contributed by atoms with van der Waals surface area (Å²) in [6.07, 6.45) is 4.31. The van der Waals surface area contributed by atoms with Gasteiger partial charge in [-0.15, -0.1) is 15.7 Å². The normalized spacial score (nSPS) is 16.7. The Morgan fingerprint density at radius 3 is 2.90 bits per heavy atom. The molecule has 0 fully saturated rings. The Labute approximate surface area is 182 Å². The Balaban J connectivity index is 1.34. The minimum Gasteiger partial charge on any atom is -0.452 e. The van der Waals surface area contributed by atoms with Crippen molar-refractivity contribution in [2.24, 2.45) is 4.40 Å². The number of amidine groups is 1. The average Bonchev–Trinajstić information content (AvgIpc) is 3.17. The molecule has 0 unspecified atom stereocenters. The van der Waals surface area contributed by atoms with E-state index in [0.717, 1.165) is 16.3 Å². The Bertz CT molecular complexity index is 1240. The van der Waals surface area contributed by atoms with E-state index in [1.165, 1.54) is 18.4 Å². The van der Waals surface area contributed by atoms with Crippen molar-refractivity contribution in [2.45, 2.75) is 6.92 Å². The number of aryl methyl sites for hydroxylation is 1. The molecule has 1 aromatic carbocycles. The Kier molecular flexibility index (Phi) is 5.70. The summed E-state index contributed by atoms with van der Waals surface area (Å²) in [7, 11) is -3.47. The van der Waals surface area contributed by atoms with Gasteiger partial charge in [0.25, 0.3) is 15.9 Å². The highest BCUT2D eigenvalue weighted by molar-refractivity contribution is 7.90. The first kappa shape index (κ1) is 20.9. The molecule has 0 aliphatic carbocycles. The summed E-state index contributed by atoms with van der Waals surface area (Å²) in [6.45, 7) is 1.66. The molecule has 0 bridgehead atoms. The monoisotopic (exact) mass is 458 g/mol. The summed E-state index contributed by atoms with van der Waals surface area (Å²) in [5.74, 6) is -1.06. The number of thiazole rings is 1. The lowest BCUT2D eigenvalue weighted by Crippen LogP contribution is -2.37. The van der Waals surface area contributed by atoms with Gasteiger partial charge in [0.1, 0.15) is 5.84 Å². The zero-order valence-corrected chi connectivity index (χ0v) is 18.1. The van der Waals surface area contributed by atoms with Crippen molar-refractivity contribution in [3.63, 3.8) is 0 Å². The van der Waals surface area contributed by atoms with Crippen molar-refractivity contribution in [1.29, 1.82) is 0 Å². The topological polar surface area (TPSA) is 118 Å². The van der Waals surface area contributed by atoms with Crippen LogP contribution in [0, 0.1) is 6.92 Å². The number of carbonyl (C=O) groups is 2. The predicted molar refractivity (Wildman–Crippen MR) is 117 cm³/mol. The number of fused-ring (bicyclic) bond motifs is 1. The summed E-state index contributed by atoms with van der Waals surface area (Å²) in [6, 6.07) is 7.24. The van der Waals surface area contributed by atoms with Crippen molar-refractivity contribution in [3.05, 3.63) is 58.6 Å². The fourth-order valence-corrected chi connectivity index (χ4v) is 4.58. The van der Waals surface area contributed by atoms with Gasteiger partial charge < -0.3 is 15.0 Å². The van der Waals surface area contributed by atoms with Gasteiger partial charge in [-0.05, 0) is 31.2 Å². The molecule has 160 valence electrons. The van der Waals surface area contributed by atoms with Crippen molar-refractivity contribution >= 4 is 44.8 Å². The van der Waals surface area contributed by atoms with E-state index in [0.29, 0.717) is 5.69 Å². The number of benzene rings is 1. The molecule has 2 aromatic rings. The molecule has 11 heteroatoms. The number of aromatic nitrogens is 1. The number of nitrogens with zero attached hydrogens (tertiary/aromatic N) is 3. The number of esters is 1. The van der Waals surface area contributed by atoms with Crippen molar-refractivity contribution in [3.8, 4) is 11.3 Å². The summed E-state index contributed by atoms with van der Waals surface area (Å²) >= 11 is 1.54. The number of hydrogen-bond donors (Lipinski definition) is 1. The molecule has 0 atom stereocenters. The third-order valence-electron chi connectivity index (χ3n) is 4.46. The van der Waals surface area contributed by atoms with Gasteiger partial charge in [0, 0.05) is 29.4 Å². The SMILES string of the molecule is Cc1nc(-c2cccc(NC(=O)COC(=O)C3=CN4CCS(=O)(=O)N=C4C=C3)c2)cs1. The molecule has 1 aromatic heterocycles. The first-order valence-corrected chi connectivity index (χ1v) is 11.8. The van der Waals surface area contributed by atoms with E-state index < -0.39 is 28.5 Å². The first-order valence-electron chi connectivity index (χ1n) is 9.28. The van der Waals surface area contributed by atoms with Crippen LogP contribution in [0.25, 0.3) is 11.3 Å². The number of sulfonamides is 1. The quantitative estimate of drug-likeness (QED) is 0.682. The minimum absolute atomic E-state index is 0.134. The maximum atomic E-state index is 12.3. The van der Waals surface area contributed by atoms with Crippen molar-refractivity contribution in [2.75, 3.05) is 24.2 Å². The third-order valence-corrected chi connectivity index (χ3v) is 6.39. The molecule has 2 aliphatic heterocycles. The second-order valence-corrected chi connectivity index (χ2v) is 9.62. The van der Waals surface area contributed by atoms with Crippen LogP contribution in [0.4, 0.5) is 5.69 Å². The third kappa shape index (κ3) is 5.06. The average molecular weight is 459 g/mol. The van der Waals surface area contributed by atoms with Crippen LogP contribution in [0.2, 0.25) is 0 Å². The fraction of sp³-hybridized carbons (Fsp3) is 0.200. The van der Waals surface area contributed by atoms with Gasteiger partial charge in [0.2, 0.25) is 0 Å². The predicted octanol–water partition coefficient (Wildman–Crippen LogP) is 2.10. The molecule has 31 heavy (non-hydrogen) atoms. The zero-order valence-electron chi connectivity index (χ0n) is 16.4. The maximum Gasteiger partial charge on any atom is 0.340 e. The number of nitrogens with one attached hydrogen (secondary N) is 1. The van der Waals surface area contributed by atoms with Crippen molar-refractivity contribution in [1.82, 2.24) is 9.88 Å². The van der Waals surface area contributed by atoms with E-state index in [1.807, 2.05) is 18.4 Å². The highest BCUT2D eigenvalue weighted by atomic mass is 32.2. The largest absolute Gasteiger partial charge is 0.452 e. The summed E-state index contributed by atoms with van der Waals surface area (Å²) in [5, 5.41) is 5.59. The Hall–Kier alpha value is -3.31. The standard InChI is InChI=1S/C20H18N4O5S2/c1-13-21-17(12-30-13)14-3-2-4-16(9-14)22-19(25)11-29-20(26)15-5-6-18-23-31(27,28)8-7-24(18)10-15/h2-6,9-10,12H,7-8,11H2,1H3,(H,22,25). The fourth-order valence-electron chi connectivity index (χ4n) is 2.99.